The van der Waals surface area contributed by atoms with E-state index in [0.717, 1.165) is 0 Å². The highest BCUT2D eigenvalue weighted by Gasteiger charge is 2.17. The molecule has 0 aromatic rings. The summed E-state index contributed by atoms with van der Waals surface area (Å²) in [6.07, 6.45) is 1.71. The number of nitrogens with one attached hydrogen (secondary N) is 1. The summed E-state index contributed by atoms with van der Waals surface area (Å²) < 4.78 is 0.658. The molecule has 1 unspecified atom stereocenters. The van der Waals surface area contributed by atoms with Crippen LogP contribution in [-0.4, -0.2) is 22.9 Å². The summed E-state index contributed by atoms with van der Waals surface area (Å²) in [6.45, 7) is -0.0317. The van der Waals surface area contributed by atoms with Crippen molar-refractivity contribution in [1.82, 2.24) is 5.32 Å². The molecule has 0 amide bonds. The van der Waals surface area contributed by atoms with Crippen molar-refractivity contribution < 1.29 is 10.2 Å². The van der Waals surface area contributed by atoms with Gasteiger partial charge in [0.2, 0.25) is 0 Å². The molecule has 1 aliphatic rings. The van der Waals surface area contributed by atoms with Crippen LogP contribution in [0.4, 0.5) is 0 Å². The first kappa shape index (κ1) is 9.15. The summed E-state index contributed by atoms with van der Waals surface area (Å²) in [5, 5.41) is 20.8. The minimum atomic E-state index is -0.190. The van der Waals surface area contributed by atoms with Crippen molar-refractivity contribution in [1.29, 1.82) is 0 Å². The lowest BCUT2D eigenvalue weighted by molar-refractivity contribution is 0.268. The molecule has 3 nitrogen and oxygen atoms in total. The maximum atomic E-state index is 9.19. The third-order valence-corrected chi connectivity index (χ3v) is 2.45. The van der Waals surface area contributed by atoms with E-state index in [-0.39, 0.29) is 23.6 Å². The van der Waals surface area contributed by atoms with Crippen molar-refractivity contribution in [2.75, 3.05) is 6.61 Å². The fraction of sp³-hybridized carbons (Fsp3) is 0.333. The molecule has 0 fully saturated rings. The molecule has 1 rings (SSSR count). The predicted molar refractivity (Wildman–Crippen MR) is 51.6 cm³/mol. The molecule has 1 atom stereocenters. The average molecular weight is 287 g/mol. The molecule has 1 heterocycles. The lowest BCUT2D eigenvalue weighted by atomic mass is 10.2. The van der Waals surface area contributed by atoms with Gasteiger partial charge in [-0.2, -0.15) is 0 Å². The number of aliphatic hydroxyl groups is 2. The van der Waals surface area contributed by atoms with Crippen LogP contribution in [0.1, 0.15) is 0 Å². The highest BCUT2D eigenvalue weighted by atomic mass is 127. The molecule has 5 heteroatoms. The second kappa shape index (κ2) is 3.64. The van der Waals surface area contributed by atoms with Crippen LogP contribution in [0.15, 0.2) is 20.6 Å². The fourth-order valence-corrected chi connectivity index (χ4v) is 1.84. The normalized spacial score (nSPS) is 24.6. The standard InChI is InChI=1S/C6H7ClINO2/c7-6-5(11)4(8)1-3(2-10)9-6/h1,3,9-11H,2H2. The Bertz CT molecular complexity index is 227. The van der Waals surface area contributed by atoms with Crippen LogP contribution in [0.5, 0.6) is 0 Å². The number of rotatable bonds is 1. The van der Waals surface area contributed by atoms with E-state index in [1.807, 2.05) is 22.6 Å². The summed E-state index contributed by atoms with van der Waals surface area (Å²) in [4.78, 5) is 0. The van der Waals surface area contributed by atoms with Crippen molar-refractivity contribution in [2.24, 2.45) is 0 Å². The highest BCUT2D eigenvalue weighted by molar-refractivity contribution is 14.1. The second-order valence-electron chi connectivity index (χ2n) is 2.11. The summed E-state index contributed by atoms with van der Waals surface area (Å²) in [7, 11) is 0. The number of halogens is 2. The van der Waals surface area contributed by atoms with Gasteiger partial charge in [-0.3, -0.25) is 0 Å². The van der Waals surface area contributed by atoms with Gasteiger partial charge < -0.3 is 15.5 Å². The van der Waals surface area contributed by atoms with Crippen LogP contribution >= 0.6 is 34.2 Å². The molecule has 0 spiro atoms. The predicted octanol–water partition coefficient (Wildman–Crippen LogP) is 1.24. The van der Waals surface area contributed by atoms with E-state index in [1.54, 1.807) is 6.08 Å². The van der Waals surface area contributed by atoms with E-state index < -0.39 is 0 Å². The number of hydrogen-bond donors (Lipinski definition) is 3. The lowest BCUT2D eigenvalue weighted by Gasteiger charge is -2.19. The Kier molecular flexibility index (Phi) is 3.03. The molecule has 0 aromatic carbocycles. The van der Waals surface area contributed by atoms with Gasteiger partial charge in [0.1, 0.15) is 5.16 Å². The molecule has 1 aliphatic heterocycles. The van der Waals surface area contributed by atoms with Crippen molar-refractivity contribution in [2.45, 2.75) is 6.04 Å². The third kappa shape index (κ3) is 2.00. The van der Waals surface area contributed by atoms with Gasteiger partial charge in [-0.25, -0.2) is 0 Å². The summed E-state index contributed by atoms with van der Waals surface area (Å²) in [5.74, 6) is 0.0389. The molecule has 11 heavy (non-hydrogen) atoms. The van der Waals surface area contributed by atoms with Crippen LogP contribution in [0, 0.1) is 0 Å². The van der Waals surface area contributed by atoms with Crippen LogP contribution in [0.25, 0.3) is 0 Å². The monoisotopic (exact) mass is 287 g/mol. The summed E-state index contributed by atoms with van der Waals surface area (Å²) in [6, 6.07) is -0.190. The summed E-state index contributed by atoms with van der Waals surface area (Å²) in [5.41, 5.74) is 0. The molecule has 62 valence electrons. The second-order valence-corrected chi connectivity index (χ2v) is 3.65. The average Bonchev–Trinajstić information content (AvgIpc) is 1.99. The number of aliphatic hydroxyl groups excluding tert-OH is 2. The zero-order valence-corrected chi connectivity index (χ0v) is 8.43. The number of dihydropyridines is 1. The Morgan fingerprint density at radius 2 is 2.36 bits per heavy atom. The van der Waals surface area contributed by atoms with E-state index in [4.69, 9.17) is 16.7 Å². The minimum Gasteiger partial charge on any atom is -0.504 e. The van der Waals surface area contributed by atoms with Gasteiger partial charge in [0.25, 0.3) is 0 Å². The molecule has 0 saturated carbocycles. The van der Waals surface area contributed by atoms with Crippen LogP contribution in [0.2, 0.25) is 0 Å². The quantitative estimate of drug-likeness (QED) is 0.502. The van der Waals surface area contributed by atoms with Crippen LogP contribution < -0.4 is 5.32 Å². The summed E-state index contributed by atoms with van der Waals surface area (Å²) >= 11 is 7.55. The zero-order valence-electron chi connectivity index (χ0n) is 5.51. The number of allylic oxidation sites excluding steroid dienone is 1. The van der Waals surface area contributed by atoms with E-state index in [2.05, 4.69) is 5.32 Å². The molecular formula is C6H7ClINO2. The molecule has 0 saturated heterocycles. The Morgan fingerprint density at radius 1 is 1.73 bits per heavy atom. The Morgan fingerprint density at radius 3 is 2.82 bits per heavy atom. The smallest absolute Gasteiger partial charge is 0.163 e. The zero-order chi connectivity index (χ0) is 8.43. The van der Waals surface area contributed by atoms with Crippen molar-refractivity contribution in [3.63, 3.8) is 0 Å². The SMILES string of the molecule is OCC1C=C(I)C(O)=C(Cl)N1. The first-order valence-corrected chi connectivity index (χ1v) is 4.44. The first-order chi connectivity index (χ1) is 5.15. The van der Waals surface area contributed by atoms with Gasteiger partial charge >= 0.3 is 0 Å². The maximum Gasteiger partial charge on any atom is 0.163 e. The van der Waals surface area contributed by atoms with Crippen molar-refractivity contribution in [3.05, 3.63) is 20.6 Å². The molecule has 0 aromatic heterocycles. The molecule has 3 N–H and O–H groups in total. The maximum absolute atomic E-state index is 9.19. The Labute approximate surface area is 82.9 Å². The number of hydrogen-bond acceptors (Lipinski definition) is 3. The molecule has 0 aliphatic carbocycles. The largest absolute Gasteiger partial charge is 0.504 e. The van der Waals surface area contributed by atoms with E-state index in [1.165, 1.54) is 0 Å². The lowest BCUT2D eigenvalue weighted by Crippen LogP contribution is -2.31. The van der Waals surface area contributed by atoms with Gasteiger partial charge in [-0.15, -0.1) is 0 Å². The van der Waals surface area contributed by atoms with E-state index in [9.17, 15) is 5.11 Å². The van der Waals surface area contributed by atoms with E-state index in [0.29, 0.717) is 3.58 Å². The molecule has 0 radical (unpaired) electrons. The van der Waals surface area contributed by atoms with Crippen LogP contribution in [-0.2, 0) is 0 Å². The minimum absolute atomic E-state index is 0.0317. The van der Waals surface area contributed by atoms with Crippen molar-refractivity contribution in [3.8, 4) is 0 Å². The van der Waals surface area contributed by atoms with Gasteiger partial charge in [0.05, 0.1) is 16.2 Å². The van der Waals surface area contributed by atoms with Crippen molar-refractivity contribution >= 4 is 34.2 Å². The Hall–Kier alpha value is 0.0600. The van der Waals surface area contributed by atoms with Gasteiger partial charge in [0.15, 0.2) is 5.76 Å². The third-order valence-electron chi connectivity index (χ3n) is 1.29. The first-order valence-electron chi connectivity index (χ1n) is 2.99. The fourth-order valence-electron chi connectivity index (χ4n) is 0.732. The van der Waals surface area contributed by atoms with E-state index >= 15 is 0 Å². The molecule has 0 bridgehead atoms. The van der Waals surface area contributed by atoms with Gasteiger partial charge in [0, 0.05) is 0 Å². The molecular weight excluding hydrogens is 280 g/mol. The van der Waals surface area contributed by atoms with Gasteiger partial charge in [-0.1, -0.05) is 11.6 Å². The topological polar surface area (TPSA) is 52.5 Å². The van der Waals surface area contributed by atoms with Crippen LogP contribution in [0.3, 0.4) is 0 Å². The Balaban J connectivity index is 2.82. The van der Waals surface area contributed by atoms with Gasteiger partial charge in [-0.05, 0) is 28.7 Å². The highest BCUT2D eigenvalue weighted by Crippen LogP contribution is 2.24.